The number of carbonyl (C=O) groups excluding carboxylic acids is 1. The van der Waals surface area contributed by atoms with E-state index in [1.54, 1.807) is 11.8 Å². The van der Waals surface area contributed by atoms with Crippen LogP contribution in [0, 0.1) is 13.8 Å². The highest BCUT2D eigenvalue weighted by Gasteiger charge is 2.14. The lowest BCUT2D eigenvalue weighted by Crippen LogP contribution is -2.19. The van der Waals surface area contributed by atoms with Crippen LogP contribution in [0.1, 0.15) is 31.0 Å². The van der Waals surface area contributed by atoms with Crippen molar-refractivity contribution in [2.45, 2.75) is 33.2 Å². The van der Waals surface area contributed by atoms with Crippen molar-refractivity contribution in [2.75, 3.05) is 12.4 Å². The molecule has 0 spiro atoms. The lowest BCUT2D eigenvalue weighted by Gasteiger charge is -2.13. The number of benzene rings is 1. The van der Waals surface area contributed by atoms with Crippen molar-refractivity contribution < 1.29 is 9.53 Å². The van der Waals surface area contributed by atoms with Crippen LogP contribution >= 0.6 is 0 Å². The standard InChI is InChI=1S/C15H20N4O2/c1-10(19-12(3)16-11(2)18-19)9-15(20)17-13-5-7-14(21-4)8-6-13/h5-8,10H,9H2,1-4H3,(H,17,20)/t10-/m0/s1. The van der Waals surface area contributed by atoms with Gasteiger partial charge in [-0.15, -0.1) is 0 Å². The number of aryl methyl sites for hydroxylation is 2. The molecule has 1 aromatic heterocycles. The van der Waals surface area contributed by atoms with Gasteiger partial charge in [-0.25, -0.2) is 9.67 Å². The molecule has 1 N–H and O–H groups in total. The monoisotopic (exact) mass is 288 g/mol. The third kappa shape index (κ3) is 3.81. The van der Waals surface area contributed by atoms with Gasteiger partial charge in [-0.3, -0.25) is 4.79 Å². The van der Waals surface area contributed by atoms with Crippen molar-refractivity contribution in [2.24, 2.45) is 0 Å². The van der Waals surface area contributed by atoms with Crippen LogP contribution in [0.3, 0.4) is 0 Å². The summed E-state index contributed by atoms with van der Waals surface area (Å²) in [6, 6.07) is 7.20. The molecular formula is C15H20N4O2. The summed E-state index contributed by atoms with van der Waals surface area (Å²) in [6.45, 7) is 5.68. The second-order valence-corrected chi connectivity index (χ2v) is 4.98. The molecule has 0 unspecified atom stereocenters. The van der Waals surface area contributed by atoms with Crippen molar-refractivity contribution in [1.82, 2.24) is 14.8 Å². The Labute approximate surface area is 124 Å². The number of carbonyl (C=O) groups is 1. The number of rotatable bonds is 5. The Kier molecular flexibility index (Phi) is 4.57. The highest BCUT2D eigenvalue weighted by atomic mass is 16.5. The number of amides is 1. The summed E-state index contributed by atoms with van der Waals surface area (Å²) in [5.74, 6) is 2.24. The maximum atomic E-state index is 12.1. The van der Waals surface area contributed by atoms with Crippen LogP contribution in [0.2, 0.25) is 0 Å². The van der Waals surface area contributed by atoms with Gasteiger partial charge in [0.2, 0.25) is 5.91 Å². The zero-order valence-corrected chi connectivity index (χ0v) is 12.8. The Morgan fingerprint density at radius 3 is 2.52 bits per heavy atom. The molecule has 1 amide bonds. The molecule has 6 heteroatoms. The van der Waals surface area contributed by atoms with E-state index in [0.29, 0.717) is 6.42 Å². The summed E-state index contributed by atoms with van der Waals surface area (Å²) in [4.78, 5) is 16.3. The molecule has 0 aliphatic carbocycles. The van der Waals surface area contributed by atoms with Crippen LogP contribution in [0.15, 0.2) is 24.3 Å². The van der Waals surface area contributed by atoms with Crippen molar-refractivity contribution in [3.8, 4) is 5.75 Å². The third-order valence-electron chi connectivity index (χ3n) is 3.18. The molecule has 0 saturated heterocycles. The first-order chi connectivity index (χ1) is 9.99. The SMILES string of the molecule is COc1ccc(NC(=O)C[C@H](C)n2nc(C)nc2C)cc1. The van der Waals surface area contributed by atoms with Crippen LogP contribution in [0.25, 0.3) is 0 Å². The van der Waals surface area contributed by atoms with Gasteiger partial charge in [0.1, 0.15) is 17.4 Å². The molecule has 1 atom stereocenters. The molecular weight excluding hydrogens is 268 g/mol. The Morgan fingerprint density at radius 1 is 1.33 bits per heavy atom. The molecule has 6 nitrogen and oxygen atoms in total. The summed E-state index contributed by atoms with van der Waals surface area (Å²) in [5.41, 5.74) is 0.750. The van der Waals surface area contributed by atoms with E-state index in [0.717, 1.165) is 23.1 Å². The van der Waals surface area contributed by atoms with Gasteiger partial charge in [-0.2, -0.15) is 5.10 Å². The van der Waals surface area contributed by atoms with Crippen molar-refractivity contribution in [3.05, 3.63) is 35.9 Å². The molecule has 1 aromatic carbocycles. The quantitative estimate of drug-likeness (QED) is 0.917. The molecule has 2 rings (SSSR count). The molecule has 112 valence electrons. The number of nitrogens with zero attached hydrogens (tertiary/aromatic N) is 3. The van der Waals surface area contributed by atoms with E-state index >= 15 is 0 Å². The average Bonchev–Trinajstić information content (AvgIpc) is 2.78. The predicted molar refractivity (Wildman–Crippen MR) is 80.4 cm³/mol. The van der Waals surface area contributed by atoms with Gasteiger partial charge in [0.05, 0.1) is 13.2 Å². The first-order valence-electron chi connectivity index (χ1n) is 6.83. The average molecular weight is 288 g/mol. The summed E-state index contributed by atoms with van der Waals surface area (Å²) in [7, 11) is 1.61. The van der Waals surface area contributed by atoms with Gasteiger partial charge in [0, 0.05) is 12.1 Å². The number of aromatic nitrogens is 3. The smallest absolute Gasteiger partial charge is 0.226 e. The second-order valence-electron chi connectivity index (χ2n) is 4.98. The molecule has 0 saturated carbocycles. The van der Waals surface area contributed by atoms with Gasteiger partial charge in [0.25, 0.3) is 0 Å². The van der Waals surface area contributed by atoms with E-state index in [9.17, 15) is 4.79 Å². The highest BCUT2D eigenvalue weighted by molar-refractivity contribution is 5.90. The molecule has 1 heterocycles. The van der Waals surface area contributed by atoms with Gasteiger partial charge in [-0.05, 0) is 45.0 Å². The molecule has 0 aliphatic rings. The minimum Gasteiger partial charge on any atom is -0.497 e. The Bertz CT molecular complexity index is 619. The maximum Gasteiger partial charge on any atom is 0.226 e. The maximum absolute atomic E-state index is 12.1. The Balaban J connectivity index is 1.96. The topological polar surface area (TPSA) is 69.0 Å². The summed E-state index contributed by atoms with van der Waals surface area (Å²) in [5, 5.41) is 7.17. The fraction of sp³-hybridized carbons (Fsp3) is 0.400. The minimum atomic E-state index is -0.0554. The normalized spacial score (nSPS) is 12.0. The van der Waals surface area contributed by atoms with E-state index < -0.39 is 0 Å². The third-order valence-corrected chi connectivity index (χ3v) is 3.18. The van der Waals surface area contributed by atoms with Crippen LogP contribution < -0.4 is 10.1 Å². The number of ether oxygens (including phenoxy) is 1. The molecule has 0 radical (unpaired) electrons. The fourth-order valence-corrected chi connectivity index (χ4v) is 2.19. The molecule has 21 heavy (non-hydrogen) atoms. The second kappa shape index (κ2) is 6.39. The number of hydrogen-bond donors (Lipinski definition) is 1. The zero-order valence-electron chi connectivity index (χ0n) is 12.8. The number of nitrogens with one attached hydrogen (secondary N) is 1. The first-order valence-corrected chi connectivity index (χ1v) is 6.83. The number of methoxy groups -OCH3 is 1. The lowest BCUT2D eigenvalue weighted by molar-refractivity contribution is -0.116. The lowest BCUT2D eigenvalue weighted by atomic mass is 10.2. The van der Waals surface area contributed by atoms with Gasteiger partial charge in [-0.1, -0.05) is 0 Å². The van der Waals surface area contributed by atoms with E-state index in [2.05, 4.69) is 15.4 Å². The summed E-state index contributed by atoms with van der Waals surface area (Å²) >= 11 is 0. The van der Waals surface area contributed by atoms with E-state index in [-0.39, 0.29) is 11.9 Å². The highest BCUT2D eigenvalue weighted by Crippen LogP contribution is 2.17. The molecule has 0 fully saturated rings. The molecule has 0 bridgehead atoms. The first kappa shape index (κ1) is 15.0. The molecule has 2 aromatic rings. The predicted octanol–water partition coefficient (Wildman–Crippen LogP) is 2.49. The Hall–Kier alpha value is -2.37. The van der Waals surface area contributed by atoms with E-state index in [1.807, 2.05) is 45.0 Å². The number of hydrogen-bond acceptors (Lipinski definition) is 4. The largest absolute Gasteiger partial charge is 0.497 e. The van der Waals surface area contributed by atoms with Gasteiger partial charge in [0.15, 0.2) is 0 Å². The summed E-state index contributed by atoms with van der Waals surface area (Å²) < 4.78 is 6.86. The van der Waals surface area contributed by atoms with Crippen LogP contribution in [-0.2, 0) is 4.79 Å². The molecule has 0 aliphatic heterocycles. The van der Waals surface area contributed by atoms with Crippen molar-refractivity contribution in [1.29, 1.82) is 0 Å². The van der Waals surface area contributed by atoms with Crippen molar-refractivity contribution in [3.63, 3.8) is 0 Å². The van der Waals surface area contributed by atoms with Gasteiger partial charge >= 0.3 is 0 Å². The van der Waals surface area contributed by atoms with E-state index in [4.69, 9.17) is 4.74 Å². The van der Waals surface area contributed by atoms with Crippen LogP contribution in [-0.4, -0.2) is 27.8 Å². The van der Waals surface area contributed by atoms with Crippen molar-refractivity contribution >= 4 is 11.6 Å². The van der Waals surface area contributed by atoms with E-state index in [1.165, 1.54) is 0 Å². The van der Waals surface area contributed by atoms with Gasteiger partial charge < -0.3 is 10.1 Å². The number of anilines is 1. The minimum absolute atomic E-state index is 0.0375. The fourth-order valence-electron chi connectivity index (χ4n) is 2.19. The Morgan fingerprint density at radius 2 is 2.00 bits per heavy atom. The summed E-state index contributed by atoms with van der Waals surface area (Å²) in [6.07, 6.45) is 0.343. The van der Waals surface area contributed by atoms with Crippen LogP contribution in [0.5, 0.6) is 5.75 Å². The van der Waals surface area contributed by atoms with Crippen LogP contribution in [0.4, 0.5) is 5.69 Å². The zero-order chi connectivity index (χ0) is 15.4.